The van der Waals surface area contributed by atoms with Gasteiger partial charge < -0.3 is 9.84 Å². The molecule has 2 rings (SSSR count). The van der Waals surface area contributed by atoms with Crippen molar-refractivity contribution in [2.45, 2.75) is 6.61 Å². The van der Waals surface area contributed by atoms with Crippen LogP contribution in [0.25, 0.3) is 0 Å². The van der Waals surface area contributed by atoms with Gasteiger partial charge >= 0.3 is 5.97 Å². The monoisotopic (exact) mass is 307 g/mol. The average Bonchev–Trinajstić information content (AvgIpc) is 2.37. The number of hydrogen-bond acceptors (Lipinski definition) is 3. The summed E-state index contributed by atoms with van der Waals surface area (Å²) in [4.78, 5) is 15.1. The lowest BCUT2D eigenvalue weighted by Gasteiger charge is -2.09. The second-order valence-corrected chi connectivity index (χ2v) is 4.47. The van der Waals surface area contributed by atoms with Crippen molar-refractivity contribution in [3.05, 3.63) is 58.3 Å². The van der Waals surface area contributed by atoms with Crippen LogP contribution in [-0.4, -0.2) is 16.1 Å². The van der Waals surface area contributed by atoms with Crippen molar-refractivity contribution in [3.63, 3.8) is 0 Å². The summed E-state index contributed by atoms with van der Waals surface area (Å²) < 4.78 is 6.26. The van der Waals surface area contributed by atoms with Gasteiger partial charge in [0.25, 0.3) is 0 Å². The average molecular weight is 308 g/mol. The fourth-order valence-electron chi connectivity index (χ4n) is 1.43. The second kappa shape index (κ2) is 5.64. The summed E-state index contributed by atoms with van der Waals surface area (Å²) in [5, 5.41) is 9.04. The molecular weight excluding hydrogens is 298 g/mol. The lowest BCUT2D eigenvalue weighted by Crippen LogP contribution is -2.04. The number of aromatic nitrogens is 1. The van der Waals surface area contributed by atoms with E-state index in [2.05, 4.69) is 20.9 Å². The normalized spacial score (nSPS) is 10.1. The third-order valence-electron chi connectivity index (χ3n) is 2.28. The maximum absolute atomic E-state index is 11.0. The van der Waals surface area contributed by atoms with Gasteiger partial charge in [0.15, 0.2) is 0 Å². The number of rotatable bonds is 4. The first-order valence-corrected chi connectivity index (χ1v) is 6.01. The molecule has 0 saturated heterocycles. The SMILES string of the molecule is O=C(O)c1ccc(Br)cc1OCc1ccccn1. The molecule has 1 heterocycles. The Morgan fingerprint density at radius 3 is 2.83 bits per heavy atom. The Balaban J connectivity index is 2.18. The molecule has 0 radical (unpaired) electrons. The number of carbonyl (C=O) groups is 1. The molecule has 0 fully saturated rings. The van der Waals surface area contributed by atoms with E-state index in [1.54, 1.807) is 18.3 Å². The molecule has 1 aromatic heterocycles. The van der Waals surface area contributed by atoms with Crippen LogP contribution >= 0.6 is 15.9 Å². The molecule has 18 heavy (non-hydrogen) atoms. The Bertz CT molecular complexity index is 557. The highest BCUT2D eigenvalue weighted by Gasteiger charge is 2.11. The van der Waals surface area contributed by atoms with Crippen molar-refractivity contribution >= 4 is 21.9 Å². The number of nitrogens with zero attached hydrogens (tertiary/aromatic N) is 1. The van der Waals surface area contributed by atoms with Gasteiger partial charge in [-0.05, 0) is 30.3 Å². The number of ether oxygens (including phenoxy) is 1. The predicted octanol–water partition coefficient (Wildman–Crippen LogP) is 3.12. The van der Waals surface area contributed by atoms with Crippen LogP contribution in [0.4, 0.5) is 0 Å². The van der Waals surface area contributed by atoms with E-state index in [1.807, 2.05) is 18.2 Å². The highest BCUT2D eigenvalue weighted by Crippen LogP contribution is 2.24. The maximum Gasteiger partial charge on any atom is 0.339 e. The molecule has 4 nitrogen and oxygen atoms in total. The summed E-state index contributed by atoms with van der Waals surface area (Å²) in [6.07, 6.45) is 1.66. The van der Waals surface area contributed by atoms with E-state index in [0.29, 0.717) is 5.75 Å². The van der Waals surface area contributed by atoms with Crippen molar-refractivity contribution in [1.82, 2.24) is 4.98 Å². The van der Waals surface area contributed by atoms with Crippen LogP contribution in [0, 0.1) is 0 Å². The minimum absolute atomic E-state index is 0.133. The zero-order valence-electron chi connectivity index (χ0n) is 9.34. The highest BCUT2D eigenvalue weighted by molar-refractivity contribution is 9.10. The largest absolute Gasteiger partial charge is 0.486 e. The van der Waals surface area contributed by atoms with Gasteiger partial charge in [-0.25, -0.2) is 4.79 Å². The van der Waals surface area contributed by atoms with Gasteiger partial charge in [0, 0.05) is 10.7 Å². The number of pyridine rings is 1. The number of carboxylic acid groups (broad SMARTS) is 1. The molecule has 0 amide bonds. The van der Waals surface area contributed by atoms with Crippen molar-refractivity contribution in [2.24, 2.45) is 0 Å². The number of aromatic carboxylic acids is 1. The minimum atomic E-state index is -1.02. The van der Waals surface area contributed by atoms with Gasteiger partial charge in [-0.3, -0.25) is 4.98 Å². The topological polar surface area (TPSA) is 59.4 Å². The third kappa shape index (κ3) is 3.07. The van der Waals surface area contributed by atoms with E-state index in [-0.39, 0.29) is 12.2 Å². The molecule has 0 aliphatic heterocycles. The lowest BCUT2D eigenvalue weighted by molar-refractivity contribution is 0.0691. The molecule has 0 bridgehead atoms. The summed E-state index contributed by atoms with van der Waals surface area (Å²) >= 11 is 3.28. The van der Waals surface area contributed by atoms with Crippen LogP contribution in [0.15, 0.2) is 47.1 Å². The molecule has 2 aromatic rings. The summed E-state index contributed by atoms with van der Waals surface area (Å²) in [5.74, 6) is -0.693. The Labute approximate surface area is 112 Å². The fraction of sp³-hybridized carbons (Fsp3) is 0.0769. The summed E-state index contributed by atoms with van der Waals surface area (Å²) in [6, 6.07) is 10.3. The van der Waals surface area contributed by atoms with Crippen LogP contribution in [0.3, 0.4) is 0 Å². The van der Waals surface area contributed by atoms with Crippen LogP contribution in [0.5, 0.6) is 5.75 Å². The number of carboxylic acids is 1. The van der Waals surface area contributed by atoms with E-state index in [0.717, 1.165) is 10.2 Å². The van der Waals surface area contributed by atoms with Crippen molar-refractivity contribution in [1.29, 1.82) is 0 Å². The fourth-order valence-corrected chi connectivity index (χ4v) is 1.77. The molecule has 5 heteroatoms. The Morgan fingerprint density at radius 1 is 1.33 bits per heavy atom. The zero-order valence-corrected chi connectivity index (χ0v) is 10.9. The molecule has 1 N–H and O–H groups in total. The smallest absolute Gasteiger partial charge is 0.339 e. The van der Waals surface area contributed by atoms with Gasteiger partial charge in [0.05, 0.1) is 5.69 Å². The van der Waals surface area contributed by atoms with E-state index in [9.17, 15) is 4.79 Å². The molecule has 0 aliphatic carbocycles. The molecular formula is C13H10BrNO3. The first kappa shape index (κ1) is 12.6. The van der Waals surface area contributed by atoms with E-state index in [4.69, 9.17) is 9.84 Å². The van der Waals surface area contributed by atoms with Crippen LogP contribution in [0.2, 0.25) is 0 Å². The van der Waals surface area contributed by atoms with E-state index < -0.39 is 5.97 Å². The quantitative estimate of drug-likeness (QED) is 0.943. The maximum atomic E-state index is 11.0. The molecule has 1 aromatic carbocycles. The number of halogens is 1. The standard InChI is InChI=1S/C13H10BrNO3/c14-9-4-5-11(13(16)17)12(7-9)18-8-10-3-1-2-6-15-10/h1-7H,8H2,(H,16,17). The molecule has 0 aliphatic rings. The molecule has 0 saturated carbocycles. The van der Waals surface area contributed by atoms with Crippen LogP contribution < -0.4 is 4.74 Å². The zero-order chi connectivity index (χ0) is 13.0. The second-order valence-electron chi connectivity index (χ2n) is 3.56. The Hall–Kier alpha value is -1.88. The third-order valence-corrected chi connectivity index (χ3v) is 2.77. The van der Waals surface area contributed by atoms with Gasteiger partial charge in [-0.2, -0.15) is 0 Å². The molecule has 92 valence electrons. The Morgan fingerprint density at radius 2 is 2.17 bits per heavy atom. The van der Waals surface area contributed by atoms with Gasteiger partial charge in [-0.15, -0.1) is 0 Å². The minimum Gasteiger partial charge on any atom is -0.486 e. The first-order valence-electron chi connectivity index (χ1n) is 5.22. The van der Waals surface area contributed by atoms with E-state index >= 15 is 0 Å². The predicted molar refractivity (Wildman–Crippen MR) is 69.7 cm³/mol. The summed E-state index contributed by atoms with van der Waals surface area (Å²) in [6.45, 7) is 0.234. The van der Waals surface area contributed by atoms with Crippen molar-refractivity contribution in [3.8, 4) is 5.75 Å². The van der Waals surface area contributed by atoms with Gasteiger partial charge in [-0.1, -0.05) is 22.0 Å². The van der Waals surface area contributed by atoms with Crippen LogP contribution in [-0.2, 0) is 6.61 Å². The molecule has 0 spiro atoms. The van der Waals surface area contributed by atoms with Crippen LogP contribution in [0.1, 0.15) is 16.1 Å². The van der Waals surface area contributed by atoms with E-state index in [1.165, 1.54) is 6.07 Å². The van der Waals surface area contributed by atoms with Crippen molar-refractivity contribution < 1.29 is 14.6 Å². The molecule has 0 unspecified atom stereocenters. The Kier molecular flexibility index (Phi) is 3.94. The first-order chi connectivity index (χ1) is 8.66. The lowest BCUT2D eigenvalue weighted by atomic mass is 10.2. The molecule has 0 atom stereocenters. The summed E-state index contributed by atoms with van der Waals surface area (Å²) in [5.41, 5.74) is 0.878. The number of hydrogen-bond donors (Lipinski definition) is 1. The highest BCUT2D eigenvalue weighted by atomic mass is 79.9. The number of benzene rings is 1. The van der Waals surface area contributed by atoms with Gasteiger partial charge in [0.1, 0.15) is 17.9 Å². The van der Waals surface area contributed by atoms with Crippen molar-refractivity contribution in [2.75, 3.05) is 0 Å². The summed E-state index contributed by atoms with van der Waals surface area (Å²) in [7, 11) is 0. The van der Waals surface area contributed by atoms with Gasteiger partial charge in [0.2, 0.25) is 0 Å².